The summed E-state index contributed by atoms with van der Waals surface area (Å²) >= 11 is 0. The molecule has 0 spiro atoms. The van der Waals surface area contributed by atoms with Crippen molar-refractivity contribution in [2.45, 2.75) is 44.6 Å². The molecule has 2 N–H and O–H groups in total. The Morgan fingerprint density at radius 2 is 1.76 bits per heavy atom. The number of hydrogen-bond donors (Lipinski definition) is 1. The first-order valence-electron chi connectivity index (χ1n) is 6.69. The summed E-state index contributed by atoms with van der Waals surface area (Å²) in [5, 5.41) is 0. The van der Waals surface area contributed by atoms with E-state index >= 15 is 0 Å². The van der Waals surface area contributed by atoms with Crippen molar-refractivity contribution in [2.24, 2.45) is 5.92 Å². The quantitative estimate of drug-likeness (QED) is 0.806. The Kier molecular flexibility index (Phi) is 2.87. The molecule has 1 aromatic heterocycles. The second kappa shape index (κ2) is 4.51. The number of nitrogen functional groups attached to an aromatic ring is 1. The largest absolute Gasteiger partial charge is 0.396 e. The van der Waals surface area contributed by atoms with Crippen LogP contribution in [0.15, 0.2) is 12.4 Å². The molecule has 0 aromatic carbocycles. The number of piperidine rings is 1. The Bertz CT molecular complexity index is 374. The molecule has 3 rings (SSSR count). The van der Waals surface area contributed by atoms with Gasteiger partial charge in [-0.05, 0) is 31.6 Å². The lowest BCUT2D eigenvalue weighted by atomic mass is 9.78. The number of hydrogen-bond acceptors (Lipinski definition) is 4. The van der Waals surface area contributed by atoms with Crippen molar-refractivity contribution in [1.82, 2.24) is 9.97 Å². The van der Waals surface area contributed by atoms with E-state index in [4.69, 9.17) is 5.73 Å². The molecule has 2 aliphatic rings. The van der Waals surface area contributed by atoms with E-state index in [0.717, 1.165) is 18.4 Å². The Hall–Kier alpha value is -1.32. The van der Waals surface area contributed by atoms with Gasteiger partial charge in [-0.15, -0.1) is 0 Å². The number of nitrogens with two attached hydrogens (primary N) is 1. The molecule has 1 aliphatic carbocycles. The van der Waals surface area contributed by atoms with E-state index in [-0.39, 0.29) is 0 Å². The number of rotatable bonds is 1. The molecule has 2 fully saturated rings. The zero-order valence-corrected chi connectivity index (χ0v) is 10.2. The monoisotopic (exact) mass is 232 g/mol. The zero-order chi connectivity index (χ0) is 11.7. The summed E-state index contributed by atoms with van der Waals surface area (Å²) in [4.78, 5) is 11.2. The van der Waals surface area contributed by atoms with Gasteiger partial charge in [0.05, 0.1) is 18.1 Å². The highest BCUT2D eigenvalue weighted by molar-refractivity contribution is 5.39. The van der Waals surface area contributed by atoms with Crippen LogP contribution in [0.3, 0.4) is 0 Å². The van der Waals surface area contributed by atoms with Crippen LogP contribution in [0.2, 0.25) is 0 Å². The van der Waals surface area contributed by atoms with Crippen LogP contribution in [-0.2, 0) is 0 Å². The molecule has 2 unspecified atom stereocenters. The topological polar surface area (TPSA) is 55.0 Å². The molecule has 1 aliphatic heterocycles. The minimum Gasteiger partial charge on any atom is -0.396 e. The standard InChI is InChI=1S/C13H20N4/c14-11-8-15-13(16-9-11)17-7-3-5-10-4-1-2-6-12(10)17/h8-10,12H,1-7,14H2. The van der Waals surface area contributed by atoms with Crippen molar-refractivity contribution >= 4 is 11.6 Å². The van der Waals surface area contributed by atoms with E-state index in [2.05, 4.69) is 14.9 Å². The van der Waals surface area contributed by atoms with Gasteiger partial charge in [-0.25, -0.2) is 9.97 Å². The minimum atomic E-state index is 0.644. The molecule has 1 aromatic rings. The smallest absolute Gasteiger partial charge is 0.225 e. The molecule has 0 bridgehead atoms. The fourth-order valence-electron chi connectivity index (χ4n) is 3.35. The van der Waals surface area contributed by atoms with Crippen molar-refractivity contribution in [3.63, 3.8) is 0 Å². The van der Waals surface area contributed by atoms with E-state index in [1.54, 1.807) is 12.4 Å². The Balaban J connectivity index is 1.83. The molecule has 1 saturated carbocycles. The molecule has 4 heteroatoms. The summed E-state index contributed by atoms with van der Waals surface area (Å²) in [6, 6.07) is 0.668. The van der Waals surface area contributed by atoms with E-state index in [0.29, 0.717) is 11.7 Å². The lowest BCUT2D eigenvalue weighted by molar-refractivity contribution is 0.241. The van der Waals surface area contributed by atoms with Crippen molar-refractivity contribution in [2.75, 3.05) is 17.2 Å². The van der Waals surface area contributed by atoms with Crippen LogP contribution in [0.5, 0.6) is 0 Å². The first-order valence-corrected chi connectivity index (χ1v) is 6.69. The van der Waals surface area contributed by atoms with E-state index in [9.17, 15) is 0 Å². The molecule has 92 valence electrons. The van der Waals surface area contributed by atoms with Crippen LogP contribution in [0.1, 0.15) is 38.5 Å². The van der Waals surface area contributed by atoms with Gasteiger partial charge >= 0.3 is 0 Å². The van der Waals surface area contributed by atoms with Gasteiger partial charge in [0.2, 0.25) is 5.95 Å². The average Bonchev–Trinajstić information content (AvgIpc) is 2.39. The van der Waals surface area contributed by atoms with Gasteiger partial charge in [-0.1, -0.05) is 12.8 Å². The van der Waals surface area contributed by atoms with E-state index in [1.165, 1.54) is 38.5 Å². The van der Waals surface area contributed by atoms with Gasteiger partial charge in [-0.2, -0.15) is 0 Å². The predicted molar refractivity (Wildman–Crippen MR) is 68.8 cm³/mol. The second-order valence-corrected chi connectivity index (χ2v) is 5.26. The summed E-state index contributed by atoms with van der Waals surface area (Å²) in [7, 11) is 0. The summed E-state index contributed by atoms with van der Waals surface area (Å²) < 4.78 is 0. The fourth-order valence-corrected chi connectivity index (χ4v) is 3.35. The van der Waals surface area contributed by atoms with Crippen LogP contribution in [0.4, 0.5) is 11.6 Å². The SMILES string of the molecule is Nc1cnc(N2CCCC3CCCCC32)nc1. The van der Waals surface area contributed by atoms with E-state index < -0.39 is 0 Å². The molecular formula is C13H20N4. The highest BCUT2D eigenvalue weighted by Gasteiger charge is 2.34. The molecule has 0 radical (unpaired) electrons. The third-order valence-corrected chi connectivity index (χ3v) is 4.16. The molecule has 2 heterocycles. The molecule has 0 amide bonds. The predicted octanol–water partition coefficient (Wildman–Crippen LogP) is 2.22. The van der Waals surface area contributed by atoms with E-state index in [1.807, 2.05) is 0 Å². The molecule has 2 atom stereocenters. The summed E-state index contributed by atoms with van der Waals surface area (Å²) in [6.07, 6.45) is 11.5. The number of nitrogens with zero attached hydrogens (tertiary/aromatic N) is 3. The fraction of sp³-hybridized carbons (Fsp3) is 0.692. The molecular weight excluding hydrogens is 212 g/mol. The van der Waals surface area contributed by atoms with Crippen molar-refractivity contribution < 1.29 is 0 Å². The number of aromatic nitrogens is 2. The third kappa shape index (κ3) is 2.08. The highest BCUT2D eigenvalue weighted by Crippen LogP contribution is 2.36. The first-order chi connectivity index (χ1) is 8.34. The maximum Gasteiger partial charge on any atom is 0.225 e. The highest BCUT2D eigenvalue weighted by atomic mass is 15.3. The second-order valence-electron chi connectivity index (χ2n) is 5.26. The number of anilines is 2. The number of fused-ring (bicyclic) bond motifs is 1. The summed E-state index contributed by atoms with van der Waals surface area (Å²) in [5.41, 5.74) is 6.29. The van der Waals surface area contributed by atoms with Crippen LogP contribution >= 0.6 is 0 Å². The zero-order valence-electron chi connectivity index (χ0n) is 10.2. The van der Waals surface area contributed by atoms with Crippen molar-refractivity contribution in [3.8, 4) is 0 Å². The lowest BCUT2D eigenvalue weighted by Gasteiger charge is -2.44. The van der Waals surface area contributed by atoms with Gasteiger partial charge < -0.3 is 10.6 Å². The van der Waals surface area contributed by atoms with Crippen molar-refractivity contribution in [3.05, 3.63) is 12.4 Å². The van der Waals surface area contributed by atoms with Crippen LogP contribution in [-0.4, -0.2) is 22.6 Å². The van der Waals surface area contributed by atoms with Gasteiger partial charge in [0.1, 0.15) is 0 Å². The lowest BCUT2D eigenvalue weighted by Crippen LogP contribution is -2.47. The molecule has 4 nitrogen and oxygen atoms in total. The van der Waals surface area contributed by atoms with Gasteiger partial charge in [0, 0.05) is 12.6 Å². The maximum atomic E-state index is 5.64. The normalized spacial score (nSPS) is 28.8. The Morgan fingerprint density at radius 1 is 1.06 bits per heavy atom. The van der Waals surface area contributed by atoms with Gasteiger partial charge in [0.25, 0.3) is 0 Å². The Labute approximate surface area is 102 Å². The van der Waals surface area contributed by atoms with Crippen LogP contribution < -0.4 is 10.6 Å². The van der Waals surface area contributed by atoms with Crippen LogP contribution in [0, 0.1) is 5.92 Å². The first kappa shape index (κ1) is 10.8. The summed E-state index contributed by atoms with van der Waals surface area (Å²) in [6.45, 7) is 1.10. The third-order valence-electron chi connectivity index (χ3n) is 4.16. The minimum absolute atomic E-state index is 0.644. The van der Waals surface area contributed by atoms with Crippen LogP contribution in [0.25, 0.3) is 0 Å². The average molecular weight is 232 g/mol. The van der Waals surface area contributed by atoms with Crippen molar-refractivity contribution in [1.29, 1.82) is 0 Å². The molecule has 1 saturated heterocycles. The summed E-state index contributed by atoms with van der Waals surface area (Å²) in [5.74, 6) is 1.73. The Morgan fingerprint density at radius 3 is 2.59 bits per heavy atom. The van der Waals surface area contributed by atoms with Gasteiger partial charge in [-0.3, -0.25) is 0 Å². The maximum absolute atomic E-state index is 5.64. The molecule has 17 heavy (non-hydrogen) atoms. The van der Waals surface area contributed by atoms with Gasteiger partial charge in [0.15, 0.2) is 0 Å².